The second-order valence-electron chi connectivity index (χ2n) is 4.83. The van der Waals surface area contributed by atoms with Gasteiger partial charge in [-0.2, -0.15) is 0 Å². The lowest BCUT2D eigenvalue weighted by molar-refractivity contribution is 0.0853. The zero-order chi connectivity index (χ0) is 13.0. The quantitative estimate of drug-likeness (QED) is 0.781. The summed E-state index contributed by atoms with van der Waals surface area (Å²) in [4.78, 5) is 16.4. The molecule has 98 valence electrons. The number of nitrogens with zero attached hydrogens (tertiary/aromatic N) is 1. The van der Waals surface area contributed by atoms with Gasteiger partial charge in [0.25, 0.3) is 0 Å². The van der Waals surface area contributed by atoms with Crippen LogP contribution in [-0.2, 0) is 0 Å². The fourth-order valence-electron chi connectivity index (χ4n) is 1.99. The highest BCUT2D eigenvalue weighted by atomic mass is 16.5. The SMILES string of the molecule is CCCOc1cncc(C(=O)C(C)C2CNC2)c1. The summed E-state index contributed by atoms with van der Waals surface area (Å²) < 4.78 is 5.50. The molecule has 0 aliphatic carbocycles. The minimum Gasteiger partial charge on any atom is -0.492 e. The number of hydrogen-bond donors (Lipinski definition) is 1. The Morgan fingerprint density at radius 1 is 1.56 bits per heavy atom. The van der Waals surface area contributed by atoms with Crippen LogP contribution in [-0.4, -0.2) is 30.5 Å². The predicted molar refractivity (Wildman–Crippen MR) is 69.9 cm³/mol. The highest BCUT2D eigenvalue weighted by Gasteiger charge is 2.29. The molecule has 1 aromatic heterocycles. The van der Waals surface area contributed by atoms with E-state index in [1.165, 1.54) is 0 Å². The third kappa shape index (κ3) is 2.88. The van der Waals surface area contributed by atoms with Crippen LogP contribution < -0.4 is 10.1 Å². The summed E-state index contributed by atoms with van der Waals surface area (Å²) in [5.41, 5.74) is 0.656. The van der Waals surface area contributed by atoms with E-state index in [1.54, 1.807) is 18.5 Å². The van der Waals surface area contributed by atoms with Crippen molar-refractivity contribution in [3.63, 3.8) is 0 Å². The Hall–Kier alpha value is -1.42. The van der Waals surface area contributed by atoms with Crippen molar-refractivity contribution in [3.05, 3.63) is 24.0 Å². The third-order valence-electron chi connectivity index (χ3n) is 3.40. The average Bonchev–Trinajstić information content (AvgIpc) is 2.33. The summed E-state index contributed by atoms with van der Waals surface area (Å²) in [5.74, 6) is 1.35. The highest BCUT2D eigenvalue weighted by Crippen LogP contribution is 2.22. The number of ketones is 1. The van der Waals surface area contributed by atoms with Gasteiger partial charge in [0.1, 0.15) is 5.75 Å². The lowest BCUT2D eigenvalue weighted by atomic mass is 9.84. The normalized spacial score (nSPS) is 17.0. The average molecular weight is 248 g/mol. The highest BCUT2D eigenvalue weighted by molar-refractivity contribution is 5.97. The smallest absolute Gasteiger partial charge is 0.167 e. The number of nitrogens with one attached hydrogen (secondary N) is 1. The first-order chi connectivity index (χ1) is 8.72. The van der Waals surface area contributed by atoms with Crippen LogP contribution in [0.1, 0.15) is 30.6 Å². The Morgan fingerprint density at radius 2 is 2.33 bits per heavy atom. The Bertz CT molecular complexity index is 416. The molecule has 0 aromatic carbocycles. The fourth-order valence-corrected chi connectivity index (χ4v) is 1.99. The number of ether oxygens (including phenoxy) is 1. The molecule has 4 nitrogen and oxygen atoms in total. The van der Waals surface area contributed by atoms with E-state index in [0.717, 1.165) is 19.5 Å². The molecule has 1 aliphatic heterocycles. The molecule has 2 heterocycles. The zero-order valence-corrected chi connectivity index (χ0v) is 11.0. The summed E-state index contributed by atoms with van der Waals surface area (Å²) in [7, 11) is 0. The molecule has 0 spiro atoms. The number of rotatable bonds is 6. The summed E-state index contributed by atoms with van der Waals surface area (Å²) in [5, 5.41) is 3.20. The van der Waals surface area contributed by atoms with Gasteiger partial charge in [-0.25, -0.2) is 0 Å². The van der Waals surface area contributed by atoms with Gasteiger partial charge in [-0.05, 0) is 31.5 Å². The van der Waals surface area contributed by atoms with Gasteiger partial charge < -0.3 is 10.1 Å². The maximum atomic E-state index is 12.3. The molecule has 1 N–H and O–H groups in total. The molecule has 1 atom stereocenters. The summed E-state index contributed by atoms with van der Waals surface area (Å²) >= 11 is 0. The number of aromatic nitrogens is 1. The minimum absolute atomic E-state index is 0.0504. The Balaban J connectivity index is 2.04. The maximum Gasteiger partial charge on any atom is 0.167 e. The van der Waals surface area contributed by atoms with Crippen molar-refractivity contribution in [2.75, 3.05) is 19.7 Å². The molecule has 0 saturated carbocycles. The second kappa shape index (κ2) is 5.96. The van der Waals surface area contributed by atoms with Crippen LogP contribution in [0.25, 0.3) is 0 Å². The summed E-state index contributed by atoms with van der Waals surface area (Å²) in [6.45, 7) is 6.57. The molecule has 1 aliphatic rings. The van der Waals surface area contributed by atoms with E-state index in [0.29, 0.717) is 23.8 Å². The molecule has 1 unspecified atom stereocenters. The topological polar surface area (TPSA) is 51.2 Å². The van der Waals surface area contributed by atoms with Gasteiger partial charge >= 0.3 is 0 Å². The van der Waals surface area contributed by atoms with Crippen LogP contribution in [0.3, 0.4) is 0 Å². The van der Waals surface area contributed by atoms with Crippen molar-refractivity contribution < 1.29 is 9.53 Å². The van der Waals surface area contributed by atoms with Crippen LogP contribution in [0.15, 0.2) is 18.5 Å². The summed E-state index contributed by atoms with van der Waals surface area (Å²) in [6, 6.07) is 1.80. The molecule has 0 bridgehead atoms. The van der Waals surface area contributed by atoms with Crippen LogP contribution in [0, 0.1) is 11.8 Å². The zero-order valence-electron chi connectivity index (χ0n) is 11.0. The van der Waals surface area contributed by atoms with Crippen molar-refractivity contribution in [2.45, 2.75) is 20.3 Å². The van der Waals surface area contributed by atoms with Crippen molar-refractivity contribution >= 4 is 5.78 Å². The van der Waals surface area contributed by atoms with Gasteiger partial charge in [0.15, 0.2) is 5.78 Å². The first kappa shape index (κ1) is 13.0. The third-order valence-corrected chi connectivity index (χ3v) is 3.40. The second-order valence-corrected chi connectivity index (χ2v) is 4.83. The molecule has 0 radical (unpaired) electrons. The van der Waals surface area contributed by atoms with Crippen molar-refractivity contribution in [1.82, 2.24) is 10.3 Å². The molecular weight excluding hydrogens is 228 g/mol. The van der Waals surface area contributed by atoms with Crippen molar-refractivity contribution in [3.8, 4) is 5.75 Å². The predicted octanol–water partition coefficient (Wildman–Crippen LogP) is 1.91. The van der Waals surface area contributed by atoms with Crippen LogP contribution in [0.2, 0.25) is 0 Å². The van der Waals surface area contributed by atoms with Crippen molar-refractivity contribution in [1.29, 1.82) is 0 Å². The van der Waals surface area contributed by atoms with E-state index in [1.807, 2.05) is 13.8 Å². The van der Waals surface area contributed by atoms with Crippen LogP contribution >= 0.6 is 0 Å². The van der Waals surface area contributed by atoms with E-state index < -0.39 is 0 Å². The molecular formula is C14H20N2O2. The Kier molecular flexibility index (Phi) is 4.31. The maximum absolute atomic E-state index is 12.3. The number of carbonyl (C=O) groups is 1. The first-order valence-corrected chi connectivity index (χ1v) is 6.55. The summed E-state index contributed by atoms with van der Waals surface area (Å²) in [6.07, 6.45) is 4.23. The van der Waals surface area contributed by atoms with E-state index in [9.17, 15) is 4.79 Å². The molecule has 2 rings (SSSR count). The largest absolute Gasteiger partial charge is 0.492 e. The monoisotopic (exact) mass is 248 g/mol. The number of hydrogen-bond acceptors (Lipinski definition) is 4. The number of carbonyl (C=O) groups excluding carboxylic acids is 1. The molecule has 0 amide bonds. The molecule has 4 heteroatoms. The van der Waals surface area contributed by atoms with Crippen molar-refractivity contribution in [2.24, 2.45) is 11.8 Å². The molecule has 1 saturated heterocycles. The number of Topliss-reactive ketones (excluding diaryl/α,β-unsaturated/α-hetero) is 1. The minimum atomic E-state index is 0.0504. The van der Waals surface area contributed by atoms with Gasteiger partial charge in [-0.3, -0.25) is 9.78 Å². The molecule has 1 aromatic rings. The Labute approximate surface area is 108 Å². The molecule has 18 heavy (non-hydrogen) atoms. The van der Waals surface area contributed by atoms with E-state index >= 15 is 0 Å². The van der Waals surface area contributed by atoms with Crippen LogP contribution in [0.5, 0.6) is 5.75 Å². The van der Waals surface area contributed by atoms with E-state index in [-0.39, 0.29) is 11.7 Å². The van der Waals surface area contributed by atoms with Gasteiger partial charge in [-0.15, -0.1) is 0 Å². The number of pyridine rings is 1. The first-order valence-electron chi connectivity index (χ1n) is 6.55. The Morgan fingerprint density at radius 3 is 2.94 bits per heavy atom. The van der Waals surface area contributed by atoms with Gasteiger partial charge in [-0.1, -0.05) is 13.8 Å². The van der Waals surface area contributed by atoms with Gasteiger partial charge in [0.05, 0.1) is 12.8 Å². The van der Waals surface area contributed by atoms with Crippen LogP contribution in [0.4, 0.5) is 0 Å². The van der Waals surface area contributed by atoms with Gasteiger partial charge in [0, 0.05) is 17.7 Å². The standard InChI is InChI=1S/C14H20N2O2/c1-3-4-18-13-5-11(6-16-9-13)14(17)10(2)12-7-15-8-12/h5-6,9-10,12,15H,3-4,7-8H2,1-2H3. The van der Waals surface area contributed by atoms with Gasteiger partial charge in [0.2, 0.25) is 0 Å². The lowest BCUT2D eigenvalue weighted by Gasteiger charge is -2.31. The van der Waals surface area contributed by atoms with E-state index in [2.05, 4.69) is 10.3 Å². The molecule has 1 fully saturated rings. The lowest BCUT2D eigenvalue weighted by Crippen LogP contribution is -2.47. The fraction of sp³-hybridized carbons (Fsp3) is 0.571. The van der Waals surface area contributed by atoms with E-state index in [4.69, 9.17) is 4.74 Å².